The van der Waals surface area contributed by atoms with Crippen LogP contribution in [0, 0.1) is 22.6 Å². The van der Waals surface area contributed by atoms with Crippen LogP contribution in [0.4, 0.5) is 4.39 Å². The molecular formula is C26H28FN5O3. The summed E-state index contributed by atoms with van der Waals surface area (Å²) < 4.78 is 15.6. The molecule has 1 saturated carbocycles. The minimum absolute atomic E-state index is 0.0924. The van der Waals surface area contributed by atoms with Crippen LogP contribution in [0.15, 0.2) is 42.5 Å². The van der Waals surface area contributed by atoms with E-state index in [0.717, 1.165) is 5.56 Å². The smallest absolute Gasteiger partial charge is 0.273 e. The molecule has 0 unspecified atom stereocenters. The monoisotopic (exact) mass is 477 g/mol. The molecule has 1 aromatic heterocycles. The van der Waals surface area contributed by atoms with Crippen molar-refractivity contribution in [1.29, 1.82) is 5.26 Å². The Bertz CT molecular complexity index is 1300. The summed E-state index contributed by atoms with van der Waals surface area (Å²) in [5, 5.41) is 29.2. The third kappa shape index (κ3) is 5.33. The van der Waals surface area contributed by atoms with Gasteiger partial charge in [0, 0.05) is 11.4 Å². The third-order valence-corrected chi connectivity index (χ3v) is 6.21. The lowest BCUT2D eigenvalue weighted by Crippen LogP contribution is -2.58. The van der Waals surface area contributed by atoms with E-state index in [1.165, 1.54) is 22.9 Å². The summed E-state index contributed by atoms with van der Waals surface area (Å²) in [5.74, 6) is -1.32. The number of hydrogen-bond donors (Lipinski definition) is 3. The van der Waals surface area contributed by atoms with Crippen LogP contribution in [0.1, 0.15) is 55.2 Å². The molecule has 1 aliphatic carbocycles. The summed E-state index contributed by atoms with van der Waals surface area (Å²) >= 11 is 0. The van der Waals surface area contributed by atoms with E-state index in [1.807, 2.05) is 20.8 Å². The first kappa shape index (κ1) is 24.4. The van der Waals surface area contributed by atoms with Crippen LogP contribution in [-0.2, 0) is 11.3 Å². The number of carbonyl (C=O) groups excluding carboxylic acids is 2. The zero-order valence-electron chi connectivity index (χ0n) is 19.9. The normalized spacial score (nSPS) is 18.4. The molecule has 2 aromatic carbocycles. The van der Waals surface area contributed by atoms with Crippen LogP contribution < -0.4 is 10.6 Å². The van der Waals surface area contributed by atoms with Crippen LogP contribution in [-0.4, -0.2) is 44.9 Å². The van der Waals surface area contributed by atoms with Gasteiger partial charge < -0.3 is 15.7 Å². The Kier molecular flexibility index (Phi) is 6.59. The maximum Gasteiger partial charge on any atom is 0.273 e. The maximum atomic E-state index is 14.1. The Morgan fingerprint density at radius 1 is 1.23 bits per heavy atom. The fourth-order valence-electron chi connectivity index (χ4n) is 4.16. The van der Waals surface area contributed by atoms with E-state index in [2.05, 4.69) is 21.8 Å². The molecule has 1 aliphatic rings. The van der Waals surface area contributed by atoms with Gasteiger partial charge >= 0.3 is 0 Å². The quantitative estimate of drug-likeness (QED) is 0.504. The largest absolute Gasteiger partial charge is 0.393 e. The topological polar surface area (TPSA) is 120 Å². The lowest BCUT2D eigenvalue weighted by molar-refractivity contribution is -0.127. The Labute approximate surface area is 202 Å². The van der Waals surface area contributed by atoms with Gasteiger partial charge in [-0.25, -0.2) is 4.39 Å². The number of benzene rings is 2. The van der Waals surface area contributed by atoms with Gasteiger partial charge in [-0.3, -0.25) is 14.3 Å². The van der Waals surface area contributed by atoms with Crippen LogP contribution in [0.2, 0.25) is 0 Å². The van der Waals surface area contributed by atoms with Crippen molar-refractivity contribution in [2.24, 2.45) is 5.41 Å². The number of aliphatic hydroxyl groups is 1. The van der Waals surface area contributed by atoms with Crippen molar-refractivity contribution in [1.82, 2.24) is 20.4 Å². The number of nitrogens with one attached hydrogen (secondary N) is 2. The SMILES string of the molecule is CC(C)(C)[C@H](NC(=O)c1nn(Cc2ccc(C#N)cc2)c2cc(F)ccc12)C(=O)N[C@H]1C[C@H](O)C1. The van der Waals surface area contributed by atoms with Crippen molar-refractivity contribution in [3.8, 4) is 6.07 Å². The first-order valence-corrected chi connectivity index (χ1v) is 11.5. The van der Waals surface area contributed by atoms with Crippen LogP contribution >= 0.6 is 0 Å². The number of carbonyl (C=O) groups is 2. The highest BCUT2D eigenvalue weighted by Gasteiger charge is 2.37. The van der Waals surface area contributed by atoms with Gasteiger partial charge in [0.1, 0.15) is 11.9 Å². The molecular weight excluding hydrogens is 449 g/mol. The molecule has 1 atom stereocenters. The number of aromatic nitrogens is 2. The first-order chi connectivity index (χ1) is 16.5. The Morgan fingerprint density at radius 3 is 2.51 bits per heavy atom. The molecule has 0 radical (unpaired) electrons. The average molecular weight is 478 g/mol. The van der Waals surface area contributed by atoms with E-state index in [0.29, 0.717) is 29.3 Å². The molecule has 3 N–H and O–H groups in total. The molecule has 3 aromatic rings. The van der Waals surface area contributed by atoms with E-state index in [-0.39, 0.29) is 24.2 Å². The number of amides is 2. The van der Waals surface area contributed by atoms with Gasteiger partial charge in [0.25, 0.3) is 5.91 Å². The molecule has 4 rings (SSSR count). The molecule has 2 amide bonds. The lowest BCUT2D eigenvalue weighted by atomic mass is 9.84. The second-order valence-corrected chi connectivity index (χ2v) is 10.1. The first-order valence-electron chi connectivity index (χ1n) is 11.5. The van der Waals surface area contributed by atoms with Crippen LogP contribution in [0.5, 0.6) is 0 Å². The van der Waals surface area contributed by atoms with E-state index in [9.17, 15) is 19.1 Å². The van der Waals surface area contributed by atoms with Crippen LogP contribution in [0.25, 0.3) is 10.9 Å². The number of nitriles is 1. The molecule has 0 aliphatic heterocycles. The lowest BCUT2D eigenvalue weighted by Gasteiger charge is -2.36. The number of halogens is 1. The zero-order chi connectivity index (χ0) is 25.3. The van der Waals surface area contributed by atoms with Crippen molar-refractivity contribution in [3.63, 3.8) is 0 Å². The number of aliphatic hydroxyl groups excluding tert-OH is 1. The Morgan fingerprint density at radius 2 is 1.91 bits per heavy atom. The second-order valence-electron chi connectivity index (χ2n) is 10.1. The van der Waals surface area contributed by atoms with Gasteiger partial charge in [-0.05, 0) is 54.2 Å². The second kappa shape index (κ2) is 9.47. The molecule has 0 bridgehead atoms. The number of nitrogens with zero attached hydrogens (tertiary/aromatic N) is 3. The molecule has 35 heavy (non-hydrogen) atoms. The van der Waals surface area contributed by atoms with E-state index in [4.69, 9.17) is 5.26 Å². The summed E-state index contributed by atoms with van der Waals surface area (Å²) in [6.45, 7) is 5.82. The van der Waals surface area contributed by atoms with Gasteiger partial charge in [0.05, 0.1) is 29.8 Å². The summed E-state index contributed by atoms with van der Waals surface area (Å²) in [4.78, 5) is 26.3. The highest BCUT2D eigenvalue weighted by Crippen LogP contribution is 2.25. The van der Waals surface area contributed by atoms with Crippen molar-refractivity contribution >= 4 is 22.7 Å². The van der Waals surface area contributed by atoms with Gasteiger partial charge in [0.2, 0.25) is 5.91 Å². The van der Waals surface area contributed by atoms with Crippen molar-refractivity contribution < 1.29 is 19.1 Å². The fourth-order valence-corrected chi connectivity index (χ4v) is 4.16. The molecule has 9 heteroatoms. The molecule has 1 fully saturated rings. The van der Waals surface area contributed by atoms with Gasteiger partial charge in [-0.15, -0.1) is 0 Å². The summed E-state index contributed by atoms with van der Waals surface area (Å²) in [5.41, 5.74) is 1.30. The van der Waals surface area contributed by atoms with Crippen molar-refractivity contribution in [2.75, 3.05) is 0 Å². The third-order valence-electron chi connectivity index (χ3n) is 6.21. The van der Waals surface area contributed by atoms with Crippen molar-refractivity contribution in [2.45, 2.75) is 58.3 Å². The molecule has 1 heterocycles. The highest BCUT2D eigenvalue weighted by molar-refractivity contribution is 6.06. The van der Waals surface area contributed by atoms with E-state index < -0.39 is 29.3 Å². The van der Waals surface area contributed by atoms with Crippen molar-refractivity contribution in [3.05, 3.63) is 65.1 Å². The minimum atomic E-state index is -0.841. The Hall–Kier alpha value is -3.77. The highest BCUT2D eigenvalue weighted by atomic mass is 19.1. The van der Waals surface area contributed by atoms with Gasteiger partial charge in [-0.1, -0.05) is 32.9 Å². The number of fused-ring (bicyclic) bond motifs is 1. The maximum absolute atomic E-state index is 14.1. The summed E-state index contributed by atoms with van der Waals surface area (Å²) in [6, 6.07) is 12.1. The molecule has 0 saturated heterocycles. The predicted molar refractivity (Wildman–Crippen MR) is 128 cm³/mol. The standard InChI is InChI=1S/C26H28FN5O3/c1-26(2,3)23(25(35)29-18-11-19(33)12-18)30-24(34)22-20-9-8-17(27)10-21(20)32(31-22)14-16-6-4-15(13-28)5-7-16/h4-10,18-19,23,33H,11-12,14H2,1-3H3,(H,29,35)(H,30,34)/t18-,19-,23-/m1/s1. The van der Waals surface area contributed by atoms with E-state index in [1.54, 1.807) is 24.3 Å². The minimum Gasteiger partial charge on any atom is -0.393 e. The molecule has 182 valence electrons. The average Bonchev–Trinajstić information content (AvgIpc) is 3.13. The molecule has 8 nitrogen and oxygen atoms in total. The number of hydrogen-bond acceptors (Lipinski definition) is 5. The van der Waals surface area contributed by atoms with Gasteiger partial charge in [0.15, 0.2) is 5.69 Å². The summed E-state index contributed by atoms with van der Waals surface area (Å²) in [7, 11) is 0. The summed E-state index contributed by atoms with van der Waals surface area (Å²) in [6.07, 6.45) is 0.578. The van der Waals surface area contributed by atoms with Crippen LogP contribution in [0.3, 0.4) is 0 Å². The Balaban J connectivity index is 1.61. The zero-order valence-corrected chi connectivity index (χ0v) is 19.9. The van der Waals surface area contributed by atoms with Gasteiger partial charge in [-0.2, -0.15) is 10.4 Å². The van der Waals surface area contributed by atoms with E-state index >= 15 is 0 Å². The fraction of sp³-hybridized carbons (Fsp3) is 0.385. The number of rotatable bonds is 6. The predicted octanol–water partition coefficient (Wildman–Crippen LogP) is 2.88. The molecule has 0 spiro atoms.